The van der Waals surface area contributed by atoms with E-state index in [0.29, 0.717) is 11.4 Å². The van der Waals surface area contributed by atoms with E-state index in [1.165, 1.54) is 0 Å². The van der Waals surface area contributed by atoms with Gasteiger partial charge in [0.2, 0.25) is 5.88 Å². The maximum Gasteiger partial charge on any atom is 0.339 e. The number of para-hydroxylation sites is 2. The number of carbonyl (C=O) groups excluding carboxylic acids is 1. The van der Waals surface area contributed by atoms with Gasteiger partial charge in [-0.2, -0.15) is 5.10 Å². The summed E-state index contributed by atoms with van der Waals surface area (Å²) in [7, 11) is 0. The van der Waals surface area contributed by atoms with Crippen LogP contribution in [0, 0.1) is 6.92 Å². The van der Waals surface area contributed by atoms with Gasteiger partial charge < -0.3 is 10.4 Å². The molecule has 0 radical (unpaired) electrons. The highest BCUT2D eigenvalue weighted by atomic mass is 16.3. The summed E-state index contributed by atoms with van der Waals surface area (Å²) in [6.45, 7) is 1.76. The Bertz CT molecular complexity index is 1150. The Morgan fingerprint density at radius 2 is 1.79 bits per heavy atom. The molecule has 1 aromatic heterocycles. The number of hydrogen-bond acceptors (Lipinski definition) is 5. The second-order valence-corrected chi connectivity index (χ2v) is 5.81. The van der Waals surface area contributed by atoms with Crippen molar-refractivity contribution in [2.24, 2.45) is 5.10 Å². The zero-order valence-electron chi connectivity index (χ0n) is 14.8. The predicted octanol–water partition coefficient (Wildman–Crippen LogP) is 1.70. The minimum Gasteiger partial charge on any atom is -0.493 e. The van der Waals surface area contributed by atoms with Gasteiger partial charge in [0.15, 0.2) is 0 Å². The number of nitrogens with zero attached hydrogens (tertiary/aromatic N) is 2. The first kappa shape index (κ1) is 18.6. The van der Waals surface area contributed by atoms with E-state index in [-0.39, 0.29) is 5.56 Å². The van der Waals surface area contributed by atoms with Crippen LogP contribution in [-0.2, 0) is 0 Å². The fourth-order valence-corrected chi connectivity index (χ4v) is 2.53. The number of amides is 2. The van der Waals surface area contributed by atoms with Crippen LogP contribution < -0.4 is 22.0 Å². The van der Waals surface area contributed by atoms with Gasteiger partial charge in [-0.15, -0.1) is 0 Å². The molecule has 142 valence electrons. The first-order valence-corrected chi connectivity index (χ1v) is 8.27. The quantitative estimate of drug-likeness (QED) is 0.406. The molecule has 2 aromatic carbocycles. The number of benzene rings is 2. The molecular weight excluding hydrogens is 362 g/mol. The smallest absolute Gasteiger partial charge is 0.339 e. The molecule has 3 aromatic rings. The minimum atomic E-state index is -0.832. The Morgan fingerprint density at radius 3 is 2.50 bits per heavy atom. The lowest BCUT2D eigenvalue weighted by Crippen LogP contribution is -2.32. The number of aromatic hydroxyl groups is 1. The molecule has 1 heterocycles. The van der Waals surface area contributed by atoms with Crippen molar-refractivity contribution in [3.05, 3.63) is 86.6 Å². The minimum absolute atomic E-state index is 0.275. The summed E-state index contributed by atoms with van der Waals surface area (Å²) in [5.74, 6) is -0.586. The monoisotopic (exact) mass is 379 g/mol. The van der Waals surface area contributed by atoms with Crippen molar-refractivity contribution in [3.8, 4) is 11.6 Å². The maximum absolute atomic E-state index is 12.2. The highest BCUT2D eigenvalue weighted by Gasteiger charge is 2.15. The summed E-state index contributed by atoms with van der Waals surface area (Å²) >= 11 is 0. The van der Waals surface area contributed by atoms with Crippen LogP contribution in [0.15, 0.2) is 69.3 Å². The van der Waals surface area contributed by atoms with Crippen molar-refractivity contribution >= 4 is 17.9 Å². The van der Waals surface area contributed by atoms with Crippen molar-refractivity contribution in [1.29, 1.82) is 0 Å². The molecule has 0 atom stereocenters. The highest BCUT2D eigenvalue weighted by Crippen LogP contribution is 2.18. The van der Waals surface area contributed by atoms with Crippen molar-refractivity contribution < 1.29 is 9.90 Å². The Morgan fingerprint density at radius 1 is 1.11 bits per heavy atom. The normalized spacial score (nSPS) is 10.8. The van der Waals surface area contributed by atoms with Gasteiger partial charge in [-0.3, -0.25) is 9.78 Å². The molecule has 0 aliphatic heterocycles. The van der Waals surface area contributed by atoms with Gasteiger partial charge in [0.25, 0.3) is 5.56 Å². The van der Waals surface area contributed by atoms with Crippen LogP contribution in [0.4, 0.5) is 10.5 Å². The van der Waals surface area contributed by atoms with E-state index in [9.17, 15) is 19.5 Å². The topological polar surface area (TPSA) is 129 Å². The molecular formula is C19H17N5O4. The Labute approximate surface area is 159 Å². The van der Waals surface area contributed by atoms with E-state index in [1.54, 1.807) is 61.5 Å². The van der Waals surface area contributed by atoms with Crippen LogP contribution in [0.2, 0.25) is 0 Å². The van der Waals surface area contributed by atoms with Crippen molar-refractivity contribution in [3.63, 3.8) is 0 Å². The molecule has 0 saturated carbocycles. The van der Waals surface area contributed by atoms with Gasteiger partial charge in [0.1, 0.15) is 5.56 Å². The summed E-state index contributed by atoms with van der Waals surface area (Å²) in [5.41, 5.74) is 1.98. The van der Waals surface area contributed by atoms with Crippen LogP contribution in [0.3, 0.4) is 0 Å². The molecule has 0 aliphatic rings. The van der Waals surface area contributed by atoms with E-state index in [4.69, 9.17) is 0 Å². The van der Waals surface area contributed by atoms with E-state index in [2.05, 4.69) is 20.8 Å². The number of hydrogen-bond donors (Lipinski definition) is 4. The highest BCUT2D eigenvalue weighted by molar-refractivity contribution is 5.90. The number of rotatable bonds is 4. The summed E-state index contributed by atoms with van der Waals surface area (Å²) < 4.78 is 0.960. The number of aromatic amines is 1. The van der Waals surface area contributed by atoms with Crippen LogP contribution >= 0.6 is 0 Å². The molecule has 0 unspecified atom stereocenters. The number of carbonyl (C=O) groups is 1. The second-order valence-electron chi connectivity index (χ2n) is 5.81. The van der Waals surface area contributed by atoms with Gasteiger partial charge in [-0.1, -0.05) is 36.4 Å². The number of urea groups is 1. The lowest BCUT2D eigenvalue weighted by molar-refractivity contribution is 0.252. The van der Waals surface area contributed by atoms with E-state index >= 15 is 0 Å². The van der Waals surface area contributed by atoms with E-state index in [0.717, 1.165) is 16.3 Å². The van der Waals surface area contributed by atoms with Crippen LogP contribution in [0.5, 0.6) is 5.88 Å². The Balaban J connectivity index is 1.86. The summed E-state index contributed by atoms with van der Waals surface area (Å²) in [6, 6.07) is 14.9. The zero-order valence-corrected chi connectivity index (χ0v) is 14.8. The van der Waals surface area contributed by atoms with Gasteiger partial charge >= 0.3 is 11.7 Å². The molecule has 3 rings (SSSR count). The zero-order chi connectivity index (χ0) is 20.1. The average Bonchev–Trinajstić information content (AvgIpc) is 2.66. The molecule has 2 amide bonds. The third kappa shape index (κ3) is 3.98. The van der Waals surface area contributed by atoms with Gasteiger partial charge in [0, 0.05) is 5.69 Å². The first-order valence-electron chi connectivity index (χ1n) is 8.27. The van der Waals surface area contributed by atoms with Crippen molar-refractivity contribution in [1.82, 2.24) is 15.0 Å². The second kappa shape index (κ2) is 8.04. The third-order valence-corrected chi connectivity index (χ3v) is 3.87. The fourth-order valence-electron chi connectivity index (χ4n) is 2.53. The van der Waals surface area contributed by atoms with Crippen LogP contribution in [0.25, 0.3) is 5.69 Å². The van der Waals surface area contributed by atoms with Gasteiger partial charge in [-0.25, -0.2) is 19.6 Å². The molecule has 9 heteroatoms. The van der Waals surface area contributed by atoms with Gasteiger partial charge in [0.05, 0.1) is 11.9 Å². The largest absolute Gasteiger partial charge is 0.493 e. The molecule has 0 spiro atoms. The molecule has 0 bridgehead atoms. The average molecular weight is 379 g/mol. The SMILES string of the molecule is Cc1ccccc1-n1c(O)c(/C=N/NC(=O)Nc2ccccc2)c(=O)[nH]c1=O. The van der Waals surface area contributed by atoms with Crippen LogP contribution in [-0.4, -0.2) is 26.9 Å². The Hall–Kier alpha value is -4.14. The number of aromatic nitrogens is 2. The number of H-pyrrole nitrogens is 1. The fraction of sp³-hybridized carbons (Fsp3) is 0.0526. The maximum atomic E-state index is 12.2. The molecule has 28 heavy (non-hydrogen) atoms. The summed E-state index contributed by atoms with van der Waals surface area (Å²) in [6.07, 6.45) is 0.965. The predicted molar refractivity (Wildman–Crippen MR) is 105 cm³/mol. The number of anilines is 1. The summed E-state index contributed by atoms with van der Waals surface area (Å²) in [4.78, 5) is 38.2. The number of nitrogens with one attached hydrogen (secondary N) is 3. The molecule has 0 saturated heterocycles. The standard InChI is InChI=1S/C19H17N5O4/c1-12-7-5-6-10-15(12)24-17(26)14(16(25)22-19(24)28)11-20-23-18(27)21-13-8-3-2-4-9-13/h2-11,26H,1H3,(H2,21,23,27)(H,22,25,28)/b20-11+. The lowest BCUT2D eigenvalue weighted by Gasteiger charge is -2.11. The summed E-state index contributed by atoms with van der Waals surface area (Å²) in [5, 5.41) is 16.7. The lowest BCUT2D eigenvalue weighted by atomic mass is 10.2. The van der Waals surface area contributed by atoms with Gasteiger partial charge in [-0.05, 0) is 30.7 Å². The first-order chi connectivity index (χ1) is 13.5. The Kier molecular flexibility index (Phi) is 5.35. The number of hydrazone groups is 1. The van der Waals surface area contributed by atoms with E-state index in [1.807, 2.05) is 0 Å². The van der Waals surface area contributed by atoms with Crippen molar-refractivity contribution in [2.45, 2.75) is 6.92 Å². The molecule has 9 nitrogen and oxygen atoms in total. The van der Waals surface area contributed by atoms with Crippen molar-refractivity contribution in [2.75, 3.05) is 5.32 Å². The van der Waals surface area contributed by atoms with Crippen LogP contribution in [0.1, 0.15) is 11.1 Å². The molecule has 0 fully saturated rings. The third-order valence-electron chi connectivity index (χ3n) is 3.87. The molecule has 0 aliphatic carbocycles. The van der Waals surface area contributed by atoms with E-state index < -0.39 is 23.2 Å². The number of aryl methyl sites for hydroxylation is 1. The molecule has 4 N–H and O–H groups in total.